The topological polar surface area (TPSA) is 61.8 Å². The zero-order valence-corrected chi connectivity index (χ0v) is 14.5. The molecule has 0 unspecified atom stereocenters. The molecule has 6 heteroatoms. The summed E-state index contributed by atoms with van der Waals surface area (Å²) in [4.78, 5) is 13.3. The van der Waals surface area contributed by atoms with Crippen molar-refractivity contribution in [2.75, 3.05) is 20.1 Å². The molecule has 1 amide bonds. The van der Waals surface area contributed by atoms with Crippen molar-refractivity contribution in [2.45, 2.75) is 32.9 Å². The summed E-state index contributed by atoms with van der Waals surface area (Å²) in [6, 6.07) is 5.36. The Balaban J connectivity index is 2.30. The molecule has 0 fully saturated rings. The molecular formula is C15H23BrN2O3. The average Bonchev–Trinajstić information content (AvgIpc) is 2.36. The highest BCUT2D eigenvalue weighted by Gasteiger charge is 2.18. The molecule has 0 spiro atoms. The molecule has 0 aliphatic rings. The quantitative estimate of drug-likeness (QED) is 0.793. The third-order valence-corrected chi connectivity index (χ3v) is 3.31. The van der Waals surface area contributed by atoms with Crippen LogP contribution in [-0.4, -0.2) is 41.8 Å². The lowest BCUT2D eigenvalue weighted by atomic mass is 10.2. The van der Waals surface area contributed by atoms with Gasteiger partial charge in [0, 0.05) is 26.7 Å². The maximum absolute atomic E-state index is 11.7. The van der Waals surface area contributed by atoms with Crippen molar-refractivity contribution < 1.29 is 14.6 Å². The third kappa shape index (κ3) is 6.82. The summed E-state index contributed by atoms with van der Waals surface area (Å²) < 4.78 is 5.94. The smallest absolute Gasteiger partial charge is 0.410 e. The van der Waals surface area contributed by atoms with Crippen molar-refractivity contribution >= 4 is 22.0 Å². The van der Waals surface area contributed by atoms with Gasteiger partial charge in [-0.1, -0.05) is 6.07 Å². The van der Waals surface area contributed by atoms with Gasteiger partial charge in [-0.05, 0) is 54.4 Å². The Bertz CT molecular complexity index is 486. The summed E-state index contributed by atoms with van der Waals surface area (Å²) in [6.07, 6.45) is -0.323. The van der Waals surface area contributed by atoms with Gasteiger partial charge in [0.1, 0.15) is 11.4 Å². The van der Waals surface area contributed by atoms with Gasteiger partial charge in [0.2, 0.25) is 0 Å². The highest BCUT2D eigenvalue weighted by Crippen LogP contribution is 2.24. The molecule has 21 heavy (non-hydrogen) atoms. The van der Waals surface area contributed by atoms with Crippen LogP contribution in [-0.2, 0) is 11.3 Å². The number of amides is 1. The molecule has 0 atom stereocenters. The molecule has 1 aromatic rings. The van der Waals surface area contributed by atoms with E-state index >= 15 is 0 Å². The van der Waals surface area contributed by atoms with Crippen LogP contribution in [0.1, 0.15) is 26.3 Å². The van der Waals surface area contributed by atoms with Crippen molar-refractivity contribution in [1.29, 1.82) is 0 Å². The van der Waals surface area contributed by atoms with Crippen LogP contribution in [0.3, 0.4) is 0 Å². The van der Waals surface area contributed by atoms with E-state index in [4.69, 9.17) is 4.74 Å². The van der Waals surface area contributed by atoms with Gasteiger partial charge in [0.15, 0.2) is 0 Å². The van der Waals surface area contributed by atoms with Gasteiger partial charge in [-0.2, -0.15) is 0 Å². The normalized spacial score (nSPS) is 11.3. The highest BCUT2D eigenvalue weighted by molar-refractivity contribution is 9.10. The minimum atomic E-state index is -0.475. The maximum Gasteiger partial charge on any atom is 0.410 e. The van der Waals surface area contributed by atoms with Crippen molar-refractivity contribution in [3.8, 4) is 5.75 Å². The number of aromatic hydroxyl groups is 1. The number of benzene rings is 1. The minimum absolute atomic E-state index is 0.225. The minimum Gasteiger partial charge on any atom is -0.507 e. The summed E-state index contributed by atoms with van der Waals surface area (Å²) in [5.41, 5.74) is 0.580. The van der Waals surface area contributed by atoms with Gasteiger partial charge in [0.05, 0.1) is 4.47 Å². The number of hydrogen-bond acceptors (Lipinski definition) is 4. The first-order valence-electron chi connectivity index (χ1n) is 6.81. The molecule has 0 heterocycles. The van der Waals surface area contributed by atoms with E-state index in [2.05, 4.69) is 21.2 Å². The van der Waals surface area contributed by atoms with E-state index < -0.39 is 5.60 Å². The molecule has 0 aliphatic carbocycles. The lowest BCUT2D eigenvalue weighted by molar-refractivity contribution is 0.0300. The first-order valence-corrected chi connectivity index (χ1v) is 7.60. The number of nitrogens with one attached hydrogen (secondary N) is 1. The van der Waals surface area contributed by atoms with E-state index in [1.54, 1.807) is 18.0 Å². The Kier molecular flexibility index (Phi) is 6.48. The van der Waals surface area contributed by atoms with Crippen LogP contribution >= 0.6 is 15.9 Å². The first kappa shape index (κ1) is 17.8. The Morgan fingerprint density at radius 1 is 1.43 bits per heavy atom. The SMILES string of the molecule is CN(CCNCc1ccc(O)c(Br)c1)C(=O)OC(C)(C)C. The molecule has 0 aromatic heterocycles. The van der Waals surface area contributed by atoms with Gasteiger partial charge in [0.25, 0.3) is 0 Å². The van der Waals surface area contributed by atoms with Gasteiger partial charge in [-0.25, -0.2) is 4.79 Å². The summed E-state index contributed by atoms with van der Waals surface area (Å²) in [6.45, 7) is 7.43. The van der Waals surface area contributed by atoms with Crippen LogP contribution < -0.4 is 5.32 Å². The van der Waals surface area contributed by atoms with Gasteiger partial charge in [-0.15, -0.1) is 0 Å². The Morgan fingerprint density at radius 2 is 2.10 bits per heavy atom. The lowest BCUT2D eigenvalue weighted by Crippen LogP contribution is -2.37. The highest BCUT2D eigenvalue weighted by atomic mass is 79.9. The second kappa shape index (κ2) is 7.66. The number of rotatable bonds is 5. The predicted molar refractivity (Wildman–Crippen MR) is 86.4 cm³/mol. The van der Waals surface area contributed by atoms with Gasteiger partial charge in [-0.3, -0.25) is 0 Å². The number of nitrogens with zero attached hydrogens (tertiary/aromatic N) is 1. The Labute approximate surface area is 134 Å². The maximum atomic E-state index is 11.7. The fraction of sp³-hybridized carbons (Fsp3) is 0.533. The number of carbonyl (C=O) groups excluding carboxylic acids is 1. The van der Waals surface area contributed by atoms with Crippen molar-refractivity contribution in [3.05, 3.63) is 28.2 Å². The van der Waals surface area contributed by atoms with Crippen molar-refractivity contribution in [3.63, 3.8) is 0 Å². The number of hydrogen-bond donors (Lipinski definition) is 2. The number of likely N-dealkylation sites (N-methyl/N-ethyl adjacent to an activating group) is 1. The van der Waals surface area contributed by atoms with Crippen molar-refractivity contribution in [1.82, 2.24) is 10.2 Å². The van der Waals surface area contributed by atoms with E-state index in [-0.39, 0.29) is 11.8 Å². The fourth-order valence-corrected chi connectivity index (χ4v) is 2.00. The van der Waals surface area contributed by atoms with Crippen LogP contribution in [0, 0.1) is 0 Å². The van der Waals surface area contributed by atoms with Crippen LogP contribution in [0.5, 0.6) is 5.75 Å². The number of phenols is 1. The van der Waals surface area contributed by atoms with E-state index in [9.17, 15) is 9.90 Å². The zero-order chi connectivity index (χ0) is 16.0. The predicted octanol–water partition coefficient (Wildman–Crippen LogP) is 3.11. The summed E-state index contributed by atoms with van der Waals surface area (Å²) >= 11 is 3.28. The molecule has 0 saturated carbocycles. The van der Waals surface area contributed by atoms with E-state index in [0.717, 1.165) is 5.56 Å². The molecule has 0 radical (unpaired) electrons. The largest absolute Gasteiger partial charge is 0.507 e. The summed E-state index contributed by atoms with van der Waals surface area (Å²) in [7, 11) is 1.72. The van der Waals surface area contributed by atoms with E-state index in [1.165, 1.54) is 0 Å². The van der Waals surface area contributed by atoms with E-state index in [0.29, 0.717) is 24.1 Å². The lowest BCUT2D eigenvalue weighted by Gasteiger charge is -2.24. The first-order chi connectivity index (χ1) is 9.69. The van der Waals surface area contributed by atoms with Crippen molar-refractivity contribution in [2.24, 2.45) is 0 Å². The number of carbonyl (C=O) groups is 1. The zero-order valence-electron chi connectivity index (χ0n) is 12.9. The monoisotopic (exact) mass is 358 g/mol. The Hall–Kier alpha value is -1.27. The molecule has 1 rings (SSSR count). The standard InChI is InChI=1S/C15H23BrN2O3/c1-15(2,3)21-14(20)18(4)8-7-17-10-11-5-6-13(19)12(16)9-11/h5-6,9,17,19H,7-8,10H2,1-4H3. The second-order valence-corrected chi connectivity index (χ2v) is 6.72. The van der Waals surface area contributed by atoms with Crippen LogP contribution in [0.4, 0.5) is 4.79 Å². The van der Waals surface area contributed by atoms with Gasteiger partial charge >= 0.3 is 6.09 Å². The number of halogens is 1. The number of phenolic OH excluding ortho intramolecular Hbond substituents is 1. The van der Waals surface area contributed by atoms with Crippen LogP contribution in [0.2, 0.25) is 0 Å². The summed E-state index contributed by atoms with van der Waals surface area (Å²) in [5.74, 6) is 0.225. The molecule has 5 nitrogen and oxygen atoms in total. The molecule has 0 saturated heterocycles. The molecule has 118 valence electrons. The molecular weight excluding hydrogens is 336 g/mol. The van der Waals surface area contributed by atoms with Gasteiger partial charge < -0.3 is 20.1 Å². The number of ether oxygens (including phenoxy) is 1. The third-order valence-electron chi connectivity index (χ3n) is 2.67. The average molecular weight is 359 g/mol. The Morgan fingerprint density at radius 3 is 2.67 bits per heavy atom. The fourth-order valence-electron chi connectivity index (χ4n) is 1.57. The van der Waals surface area contributed by atoms with E-state index in [1.807, 2.05) is 32.9 Å². The molecule has 2 N–H and O–H groups in total. The van der Waals surface area contributed by atoms with Crippen LogP contribution in [0.15, 0.2) is 22.7 Å². The summed E-state index contributed by atoms with van der Waals surface area (Å²) in [5, 5.41) is 12.7. The molecule has 1 aromatic carbocycles. The molecule has 0 aliphatic heterocycles. The second-order valence-electron chi connectivity index (χ2n) is 5.86. The van der Waals surface area contributed by atoms with Crippen LogP contribution in [0.25, 0.3) is 0 Å². The molecule has 0 bridgehead atoms.